The van der Waals surface area contributed by atoms with Crippen LogP contribution in [0, 0.1) is 13.8 Å². The highest BCUT2D eigenvalue weighted by Gasteiger charge is 2.38. The van der Waals surface area contributed by atoms with E-state index >= 15 is 0 Å². The highest BCUT2D eigenvalue weighted by atomic mass is 79.9. The summed E-state index contributed by atoms with van der Waals surface area (Å²) in [5, 5.41) is 5.45. The largest absolute Gasteiger partial charge is 0.360 e. The third-order valence-electron chi connectivity index (χ3n) is 9.30. The van der Waals surface area contributed by atoms with Crippen LogP contribution in [0.15, 0.2) is 55.2 Å². The maximum Gasteiger partial charge on any atom is 0.248 e. The van der Waals surface area contributed by atoms with E-state index in [0.29, 0.717) is 64.3 Å². The molecule has 0 aliphatic carbocycles. The fourth-order valence-corrected chi connectivity index (χ4v) is 10.2. The second kappa shape index (κ2) is 13.6. The quantitative estimate of drug-likeness (QED) is 0.348. The van der Waals surface area contributed by atoms with Gasteiger partial charge in [0.1, 0.15) is 16.6 Å². The number of piperazine rings is 1. The molecule has 0 saturated carbocycles. The summed E-state index contributed by atoms with van der Waals surface area (Å²) in [6.07, 6.45) is 2.59. The molecule has 3 fully saturated rings. The first-order valence-electron chi connectivity index (χ1n) is 15.8. The van der Waals surface area contributed by atoms with E-state index in [4.69, 9.17) is 4.52 Å². The number of carbonyl (C=O) groups excluding carboxylic acids is 2. The molecular formula is C31H39BrN6O7S2. The zero-order chi connectivity index (χ0) is 33.5. The molecule has 2 aromatic carbocycles. The SMILES string of the molecule is Cc1noc(C)c1S(=O)(=O)N1CCN(CC2CCCN2C(=O)CN2CCCC(NS(=O)(=O)c3ccc4cc(Br)ccc4c3)C2=O)CC1. The van der Waals surface area contributed by atoms with Gasteiger partial charge in [-0.25, -0.2) is 16.8 Å². The van der Waals surface area contributed by atoms with E-state index in [9.17, 15) is 26.4 Å². The van der Waals surface area contributed by atoms with Gasteiger partial charge < -0.3 is 14.3 Å². The molecule has 0 radical (unpaired) electrons. The molecule has 6 rings (SSSR count). The van der Waals surface area contributed by atoms with Crippen LogP contribution in [0.4, 0.5) is 0 Å². The van der Waals surface area contributed by atoms with Crippen LogP contribution in [-0.2, 0) is 29.6 Å². The van der Waals surface area contributed by atoms with Gasteiger partial charge in [-0.05, 0) is 74.6 Å². The number of hydrogen-bond acceptors (Lipinski definition) is 9. The van der Waals surface area contributed by atoms with Gasteiger partial charge in [-0.3, -0.25) is 14.5 Å². The molecule has 0 spiro atoms. The first-order chi connectivity index (χ1) is 22.3. The summed E-state index contributed by atoms with van der Waals surface area (Å²) in [5.74, 6) is -0.284. The Balaban J connectivity index is 1.04. The van der Waals surface area contributed by atoms with Crippen LogP contribution < -0.4 is 4.72 Å². The monoisotopic (exact) mass is 750 g/mol. The van der Waals surface area contributed by atoms with Crippen LogP contribution in [0.1, 0.15) is 37.1 Å². The molecule has 4 heterocycles. The number of likely N-dealkylation sites (tertiary alicyclic amines) is 2. The zero-order valence-electron chi connectivity index (χ0n) is 26.4. The average molecular weight is 752 g/mol. The number of sulfonamides is 2. The van der Waals surface area contributed by atoms with Gasteiger partial charge in [-0.15, -0.1) is 0 Å². The Labute approximate surface area is 283 Å². The van der Waals surface area contributed by atoms with Crippen molar-refractivity contribution in [1.29, 1.82) is 0 Å². The van der Waals surface area contributed by atoms with Gasteiger partial charge in [-0.1, -0.05) is 33.2 Å². The molecule has 3 aliphatic heterocycles. The van der Waals surface area contributed by atoms with Crippen molar-refractivity contribution in [2.75, 3.05) is 52.4 Å². The molecule has 13 nitrogen and oxygen atoms in total. The predicted molar refractivity (Wildman–Crippen MR) is 177 cm³/mol. The minimum absolute atomic E-state index is 0.0454. The lowest BCUT2D eigenvalue weighted by atomic mass is 10.1. The molecular weight excluding hydrogens is 712 g/mol. The Kier molecular flexibility index (Phi) is 9.80. The van der Waals surface area contributed by atoms with E-state index in [1.54, 1.807) is 26.0 Å². The number of amides is 2. The Morgan fingerprint density at radius 1 is 0.957 bits per heavy atom. The van der Waals surface area contributed by atoms with Crippen molar-refractivity contribution in [2.45, 2.75) is 61.4 Å². The van der Waals surface area contributed by atoms with E-state index in [0.717, 1.165) is 28.1 Å². The molecule has 254 valence electrons. The summed E-state index contributed by atoms with van der Waals surface area (Å²) in [7, 11) is -7.69. The number of aryl methyl sites for hydroxylation is 2. The van der Waals surface area contributed by atoms with Crippen molar-refractivity contribution < 1.29 is 30.9 Å². The van der Waals surface area contributed by atoms with Crippen molar-refractivity contribution in [1.82, 2.24) is 28.9 Å². The normalized spacial score (nSPS) is 22.0. The maximum atomic E-state index is 13.5. The lowest BCUT2D eigenvalue weighted by Gasteiger charge is -2.38. The Morgan fingerprint density at radius 2 is 1.66 bits per heavy atom. The summed E-state index contributed by atoms with van der Waals surface area (Å²) in [6, 6.07) is 9.42. The zero-order valence-corrected chi connectivity index (χ0v) is 29.6. The van der Waals surface area contributed by atoms with Crippen LogP contribution in [0.3, 0.4) is 0 Å². The Morgan fingerprint density at radius 3 is 2.38 bits per heavy atom. The Hall–Kier alpha value is -2.89. The van der Waals surface area contributed by atoms with E-state index in [2.05, 4.69) is 30.7 Å². The molecule has 0 bridgehead atoms. The third-order valence-corrected chi connectivity index (χ3v) is 13.4. The number of hydrogen-bond donors (Lipinski definition) is 1. The topological polar surface area (TPSA) is 153 Å². The number of carbonyl (C=O) groups is 2. The average Bonchev–Trinajstić information content (AvgIpc) is 3.64. The first-order valence-corrected chi connectivity index (χ1v) is 19.5. The molecule has 2 atom stereocenters. The van der Waals surface area contributed by atoms with Gasteiger partial charge in [0, 0.05) is 56.3 Å². The number of piperidine rings is 1. The van der Waals surface area contributed by atoms with Crippen molar-refractivity contribution >= 4 is 58.6 Å². The van der Waals surface area contributed by atoms with Crippen LogP contribution in [0.2, 0.25) is 0 Å². The second-order valence-corrected chi connectivity index (χ2v) is 17.0. The molecule has 2 unspecified atom stereocenters. The molecule has 1 N–H and O–H groups in total. The summed E-state index contributed by atoms with van der Waals surface area (Å²) in [5.41, 5.74) is 0.347. The molecule has 3 saturated heterocycles. The van der Waals surface area contributed by atoms with Crippen LogP contribution in [0.25, 0.3) is 10.8 Å². The number of nitrogens with zero attached hydrogens (tertiary/aromatic N) is 5. The predicted octanol–water partition coefficient (Wildman–Crippen LogP) is 2.47. The van der Waals surface area contributed by atoms with Gasteiger partial charge in [-0.2, -0.15) is 9.03 Å². The van der Waals surface area contributed by atoms with Crippen molar-refractivity contribution in [2.24, 2.45) is 0 Å². The standard InChI is InChI=1S/C31H39BrN6O7S2/c1-21-30(22(2)45-33-21)47(43,44)37-15-13-35(14-16-37)19-26-5-3-12-38(26)29(39)20-36-11-4-6-28(31(36)40)34-46(41,42)27-10-8-23-17-25(32)9-7-24(23)18-27/h7-10,17-18,26,28,34H,3-6,11-16,19-20H2,1-2H3. The third kappa shape index (κ3) is 7.13. The number of nitrogens with one attached hydrogen (secondary N) is 1. The van der Waals surface area contributed by atoms with Gasteiger partial charge in [0.15, 0.2) is 5.76 Å². The summed E-state index contributed by atoms with van der Waals surface area (Å²) in [4.78, 5) is 32.6. The molecule has 47 heavy (non-hydrogen) atoms. The number of rotatable bonds is 9. The fourth-order valence-electron chi connectivity index (χ4n) is 6.85. The van der Waals surface area contributed by atoms with Crippen LogP contribution in [0.5, 0.6) is 0 Å². The van der Waals surface area contributed by atoms with Gasteiger partial charge in [0.05, 0.1) is 11.4 Å². The summed E-state index contributed by atoms with van der Waals surface area (Å²) < 4.78 is 63.0. The van der Waals surface area contributed by atoms with Crippen LogP contribution in [-0.4, -0.2) is 117 Å². The molecule has 16 heteroatoms. The lowest BCUT2D eigenvalue weighted by Crippen LogP contribution is -2.56. The van der Waals surface area contributed by atoms with Crippen molar-refractivity contribution in [3.05, 3.63) is 52.3 Å². The van der Waals surface area contributed by atoms with Gasteiger partial charge in [0.2, 0.25) is 31.9 Å². The minimum Gasteiger partial charge on any atom is -0.360 e. The Bertz CT molecular complexity index is 1870. The molecule has 3 aliphatic rings. The number of benzene rings is 2. The number of aromatic nitrogens is 1. The second-order valence-electron chi connectivity index (χ2n) is 12.5. The van der Waals surface area contributed by atoms with Gasteiger partial charge in [0.25, 0.3) is 0 Å². The fraction of sp³-hybridized carbons (Fsp3) is 0.516. The summed E-state index contributed by atoms with van der Waals surface area (Å²) in [6.45, 7) is 6.39. The number of halogens is 1. The van der Waals surface area contributed by atoms with E-state index in [1.165, 1.54) is 15.3 Å². The summed E-state index contributed by atoms with van der Waals surface area (Å²) >= 11 is 3.42. The maximum absolute atomic E-state index is 13.5. The smallest absolute Gasteiger partial charge is 0.248 e. The highest BCUT2D eigenvalue weighted by Crippen LogP contribution is 2.27. The van der Waals surface area contributed by atoms with Crippen molar-refractivity contribution in [3.63, 3.8) is 0 Å². The molecule has 3 aromatic rings. The van der Waals surface area contributed by atoms with Crippen molar-refractivity contribution in [3.8, 4) is 0 Å². The lowest BCUT2D eigenvalue weighted by molar-refractivity contribution is -0.143. The highest BCUT2D eigenvalue weighted by molar-refractivity contribution is 9.10. The molecule has 1 aromatic heterocycles. The van der Waals surface area contributed by atoms with E-state index < -0.39 is 32.0 Å². The van der Waals surface area contributed by atoms with Crippen LogP contribution >= 0.6 is 15.9 Å². The van der Waals surface area contributed by atoms with E-state index in [1.807, 2.05) is 23.1 Å². The van der Waals surface area contributed by atoms with Gasteiger partial charge >= 0.3 is 0 Å². The number of fused-ring (bicyclic) bond motifs is 1. The molecule has 2 amide bonds. The minimum atomic E-state index is -3.98. The van der Waals surface area contributed by atoms with E-state index in [-0.39, 0.29) is 34.0 Å². The first kappa shape index (κ1) is 34.0.